The molecule has 27 heavy (non-hydrogen) atoms. The summed E-state index contributed by atoms with van der Waals surface area (Å²) in [6.07, 6.45) is -0.188. The van der Waals surface area contributed by atoms with Crippen molar-refractivity contribution in [2.75, 3.05) is 11.9 Å². The molecule has 1 amide bonds. The van der Waals surface area contributed by atoms with Gasteiger partial charge in [-0.25, -0.2) is 4.79 Å². The Bertz CT molecular complexity index is 960. The number of amides is 1. The van der Waals surface area contributed by atoms with Crippen LogP contribution >= 0.6 is 0 Å². The van der Waals surface area contributed by atoms with Crippen molar-refractivity contribution in [1.82, 2.24) is 0 Å². The maximum Gasteiger partial charge on any atom is 0.344 e. The van der Waals surface area contributed by atoms with Gasteiger partial charge in [0.25, 0.3) is 5.91 Å². The van der Waals surface area contributed by atoms with E-state index in [1.165, 1.54) is 0 Å². The number of benzene rings is 3. The second-order valence-corrected chi connectivity index (χ2v) is 6.34. The minimum atomic E-state index is -0.435. The topological polar surface area (TPSA) is 64.6 Å². The highest BCUT2D eigenvalue weighted by molar-refractivity contribution is 6.12. The molecule has 5 heteroatoms. The summed E-state index contributed by atoms with van der Waals surface area (Å²) in [5.41, 5.74) is 1.18. The molecule has 138 valence electrons. The van der Waals surface area contributed by atoms with Gasteiger partial charge in [0.1, 0.15) is 5.75 Å². The lowest BCUT2D eigenvalue weighted by Gasteiger charge is -2.11. The van der Waals surface area contributed by atoms with Crippen molar-refractivity contribution in [2.24, 2.45) is 0 Å². The molecule has 0 aromatic heterocycles. The van der Waals surface area contributed by atoms with Gasteiger partial charge in [0.2, 0.25) is 0 Å². The Morgan fingerprint density at radius 2 is 1.70 bits per heavy atom. The van der Waals surface area contributed by atoms with E-state index in [4.69, 9.17) is 9.47 Å². The van der Waals surface area contributed by atoms with Crippen LogP contribution in [0, 0.1) is 0 Å². The van der Waals surface area contributed by atoms with Crippen molar-refractivity contribution in [3.63, 3.8) is 0 Å². The maximum atomic E-state index is 12.7. The fraction of sp³-hybridized carbons (Fsp3) is 0.182. The predicted molar refractivity (Wildman–Crippen MR) is 105 cm³/mol. The first-order chi connectivity index (χ1) is 13.0. The largest absolute Gasteiger partial charge is 0.482 e. The van der Waals surface area contributed by atoms with Crippen LogP contribution < -0.4 is 10.1 Å². The lowest BCUT2D eigenvalue weighted by molar-refractivity contribution is -0.149. The maximum absolute atomic E-state index is 12.7. The number of ether oxygens (including phenoxy) is 2. The van der Waals surface area contributed by atoms with Crippen molar-refractivity contribution >= 4 is 28.3 Å². The number of carbonyl (C=O) groups is 2. The zero-order valence-electron chi connectivity index (χ0n) is 15.3. The van der Waals surface area contributed by atoms with Crippen LogP contribution in [0.5, 0.6) is 5.75 Å². The van der Waals surface area contributed by atoms with Crippen LogP contribution in [0.15, 0.2) is 66.7 Å². The zero-order valence-corrected chi connectivity index (χ0v) is 15.3. The first kappa shape index (κ1) is 18.5. The van der Waals surface area contributed by atoms with Gasteiger partial charge in [0, 0.05) is 17.3 Å². The van der Waals surface area contributed by atoms with Gasteiger partial charge in [0.05, 0.1) is 6.10 Å². The molecular formula is C22H21NO4. The monoisotopic (exact) mass is 363 g/mol. The molecule has 0 spiro atoms. The van der Waals surface area contributed by atoms with E-state index < -0.39 is 5.97 Å². The molecule has 0 bridgehead atoms. The van der Waals surface area contributed by atoms with Crippen LogP contribution in [0.25, 0.3) is 10.8 Å². The molecule has 0 heterocycles. The number of esters is 1. The molecule has 3 aromatic carbocycles. The van der Waals surface area contributed by atoms with E-state index in [0.29, 0.717) is 17.0 Å². The molecular weight excluding hydrogens is 342 g/mol. The second-order valence-electron chi connectivity index (χ2n) is 6.34. The van der Waals surface area contributed by atoms with E-state index in [0.717, 1.165) is 10.8 Å². The van der Waals surface area contributed by atoms with Gasteiger partial charge in [-0.15, -0.1) is 0 Å². The molecule has 3 rings (SSSR count). The van der Waals surface area contributed by atoms with Gasteiger partial charge >= 0.3 is 5.97 Å². The van der Waals surface area contributed by atoms with Gasteiger partial charge in [-0.2, -0.15) is 0 Å². The third-order valence-corrected chi connectivity index (χ3v) is 3.85. The Labute approximate surface area is 157 Å². The van der Waals surface area contributed by atoms with Crippen LogP contribution in [0.1, 0.15) is 24.2 Å². The van der Waals surface area contributed by atoms with Gasteiger partial charge < -0.3 is 14.8 Å². The van der Waals surface area contributed by atoms with Crippen LogP contribution in [0.4, 0.5) is 5.69 Å². The van der Waals surface area contributed by atoms with E-state index in [1.807, 2.05) is 36.4 Å². The summed E-state index contributed by atoms with van der Waals surface area (Å²) < 4.78 is 10.5. The number of fused-ring (bicyclic) bond motifs is 1. The minimum absolute atomic E-state index is 0.182. The number of hydrogen-bond acceptors (Lipinski definition) is 4. The number of anilines is 1. The number of nitrogens with one attached hydrogen (secondary N) is 1. The summed E-state index contributed by atoms with van der Waals surface area (Å²) in [5, 5.41) is 4.77. The van der Waals surface area contributed by atoms with Crippen molar-refractivity contribution in [2.45, 2.75) is 20.0 Å². The Balaban J connectivity index is 1.70. The first-order valence-corrected chi connectivity index (χ1v) is 8.74. The number of carbonyl (C=O) groups excluding carboxylic acids is 2. The Kier molecular flexibility index (Phi) is 5.71. The van der Waals surface area contributed by atoms with Crippen LogP contribution in [0.2, 0.25) is 0 Å². The Morgan fingerprint density at radius 3 is 2.52 bits per heavy atom. The highest BCUT2D eigenvalue weighted by atomic mass is 16.6. The molecule has 0 radical (unpaired) electrons. The van der Waals surface area contributed by atoms with Crippen molar-refractivity contribution < 1.29 is 19.1 Å². The SMILES string of the molecule is CC(C)OC(=O)COc1cccc(NC(=O)c2cccc3ccccc23)c1. The van der Waals surface area contributed by atoms with Crippen LogP contribution in [-0.4, -0.2) is 24.6 Å². The predicted octanol–water partition coefficient (Wildman–Crippen LogP) is 4.42. The molecule has 3 aromatic rings. The van der Waals surface area contributed by atoms with E-state index in [-0.39, 0.29) is 18.6 Å². The van der Waals surface area contributed by atoms with E-state index in [1.54, 1.807) is 44.2 Å². The summed E-state index contributed by atoms with van der Waals surface area (Å²) >= 11 is 0. The molecule has 0 aliphatic heterocycles. The van der Waals surface area contributed by atoms with E-state index >= 15 is 0 Å². The van der Waals surface area contributed by atoms with Crippen LogP contribution in [0.3, 0.4) is 0 Å². The molecule has 0 aliphatic rings. The second kappa shape index (κ2) is 8.36. The fourth-order valence-electron chi connectivity index (χ4n) is 2.72. The third kappa shape index (κ3) is 4.85. The van der Waals surface area contributed by atoms with Crippen molar-refractivity contribution in [1.29, 1.82) is 0 Å². The molecule has 0 saturated carbocycles. The lowest BCUT2D eigenvalue weighted by Crippen LogP contribution is -2.18. The molecule has 0 fully saturated rings. The zero-order chi connectivity index (χ0) is 19.2. The quantitative estimate of drug-likeness (QED) is 0.658. The summed E-state index contributed by atoms with van der Waals surface area (Å²) in [7, 11) is 0. The van der Waals surface area contributed by atoms with Gasteiger partial charge in [-0.1, -0.05) is 42.5 Å². The fourth-order valence-corrected chi connectivity index (χ4v) is 2.72. The van der Waals surface area contributed by atoms with Gasteiger partial charge in [0.15, 0.2) is 6.61 Å². The summed E-state index contributed by atoms with van der Waals surface area (Å²) in [6.45, 7) is 3.38. The van der Waals surface area contributed by atoms with Crippen molar-refractivity contribution in [3.05, 3.63) is 72.3 Å². The Hall–Kier alpha value is -3.34. The summed E-state index contributed by atoms with van der Waals surface area (Å²) in [6, 6.07) is 20.3. The number of rotatable bonds is 6. The molecule has 1 N–H and O–H groups in total. The molecule has 0 unspecified atom stereocenters. The normalized spacial score (nSPS) is 10.6. The highest BCUT2D eigenvalue weighted by Gasteiger charge is 2.11. The summed E-state index contributed by atoms with van der Waals surface area (Å²) in [4.78, 5) is 24.3. The smallest absolute Gasteiger partial charge is 0.344 e. The minimum Gasteiger partial charge on any atom is -0.482 e. The van der Waals surface area contributed by atoms with Gasteiger partial charge in [-0.3, -0.25) is 4.79 Å². The van der Waals surface area contributed by atoms with Crippen LogP contribution in [-0.2, 0) is 9.53 Å². The van der Waals surface area contributed by atoms with Gasteiger partial charge in [-0.05, 0) is 42.8 Å². The molecule has 0 aliphatic carbocycles. The molecule has 5 nitrogen and oxygen atoms in total. The lowest BCUT2D eigenvalue weighted by atomic mass is 10.0. The molecule has 0 saturated heterocycles. The third-order valence-electron chi connectivity index (χ3n) is 3.85. The highest BCUT2D eigenvalue weighted by Crippen LogP contribution is 2.22. The average Bonchev–Trinajstić information content (AvgIpc) is 2.65. The number of hydrogen-bond donors (Lipinski definition) is 1. The molecule has 0 atom stereocenters. The van der Waals surface area contributed by atoms with Crippen molar-refractivity contribution in [3.8, 4) is 5.75 Å². The summed E-state index contributed by atoms with van der Waals surface area (Å²) in [5.74, 6) is -0.162. The standard InChI is InChI=1S/C22H21NO4/c1-15(2)27-21(24)14-26-18-10-6-9-17(13-18)23-22(25)20-12-5-8-16-7-3-4-11-19(16)20/h3-13,15H,14H2,1-2H3,(H,23,25). The average molecular weight is 363 g/mol. The van der Waals surface area contributed by atoms with E-state index in [9.17, 15) is 9.59 Å². The Morgan fingerprint density at radius 1 is 0.963 bits per heavy atom. The van der Waals surface area contributed by atoms with E-state index in [2.05, 4.69) is 5.32 Å². The first-order valence-electron chi connectivity index (χ1n) is 8.74.